The van der Waals surface area contributed by atoms with E-state index < -0.39 is 60.8 Å². The van der Waals surface area contributed by atoms with Crippen LogP contribution in [0.2, 0.25) is 0 Å². The van der Waals surface area contributed by atoms with Gasteiger partial charge >= 0.3 is 11.9 Å². The molecule has 0 heterocycles. The molecule has 3 unspecified atom stereocenters. The smallest absolute Gasteiger partial charge is 0.322 e. The fourth-order valence-corrected chi connectivity index (χ4v) is 2.54. The van der Waals surface area contributed by atoms with Crippen LogP contribution in [0, 0.1) is 0 Å². The number of nitrogens with one attached hydrogen (secondary N) is 3. The monoisotopic (exact) mass is 424 g/mol. The highest BCUT2D eigenvalue weighted by Crippen LogP contribution is 2.03. The number of aliphatic carboxylic acids is 2. The van der Waals surface area contributed by atoms with Gasteiger partial charge in [-0.15, -0.1) is 0 Å². The van der Waals surface area contributed by atoms with Gasteiger partial charge in [0.05, 0.1) is 12.5 Å². The van der Waals surface area contributed by atoms with Crippen molar-refractivity contribution >= 4 is 54.1 Å². The predicted molar refractivity (Wildman–Crippen MR) is 102 cm³/mol. The molecule has 0 bridgehead atoms. The van der Waals surface area contributed by atoms with Gasteiger partial charge in [-0.1, -0.05) is 0 Å². The molecule has 3 amide bonds. The zero-order valence-electron chi connectivity index (χ0n) is 14.6. The van der Waals surface area contributed by atoms with Crippen molar-refractivity contribution in [3.05, 3.63) is 0 Å². The number of thioether (sulfide) groups is 1. The summed E-state index contributed by atoms with van der Waals surface area (Å²) in [6, 6.07) is -3.48. The third-order valence-corrected chi connectivity index (χ3v) is 4.21. The molecule has 11 nitrogen and oxygen atoms in total. The van der Waals surface area contributed by atoms with Gasteiger partial charge in [0.1, 0.15) is 18.6 Å². The molecule has 0 spiro atoms. The first-order chi connectivity index (χ1) is 12.6. The topological polar surface area (TPSA) is 188 Å². The first-order valence-electron chi connectivity index (χ1n) is 7.79. The van der Waals surface area contributed by atoms with E-state index in [1.807, 2.05) is 0 Å². The van der Waals surface area contributed by atoms with Crippen LogP contribution in [0.3, 0.4) is 0 Å². The lowest BCUT2D eigenvalue weighted by molar-refractivity contribution is -0.139. The fraction of sp³-hybridized carbons (Fsp3) is 0.643. The molecule has 0 saturated heterocycles. The van der Waals surface area contributed by atoms with E-state index in [0.29, 0.717) is 5.75 Å². The molecule has 0 aliphatic rings. The van der Waals surface area contributed by atoms with Crippen molar-refractivity contribution in [3.8, 4) is 0 Å². The highest BCUT2D eigenvalue weighted by molar-refractivity contribution is 7.98. The quantitative estimate of drug-likeness (QED) is 0.159. The van der Waals surface area contributed by atoms with Crippen molar-refractivity contribution in [2.75, 3.05) is 24.3 Å². The van der Waals surface area contributed by atoms with E-state index in [1.165, 1.54) is 11.8 Å². The number of carbonyl (C=O) groups is 5. The molecule has 0 aliphatic carbocycles. The Kier molecular flexibility index (Phi) is 12.2. The minimum absolute atomic E-state index is 0.0983. The maximum absolute atomic E-state index is 12.4. The van der Waals surface area contributed by atoms with Gasteiger partial charge in [-0.25, -0.2) is 0 Å². The van der Waals surface area contributed by atoms with Crippen molar-refractivity contribution < 1.29 is 34.2 Å². The van der Waals surface area contributed by atoms with E-state index in [1.54, 1.807) is 6.26 Å². The van der Waals surface area contributed by atoms with Crippen LogP contribution in [0.25, 0.3) is 0 Å². The molecule has 27 heavy (non-hydrogen) atoms. The second-order valence-electron chi connectivity index (χ2n) is 5.40. The van der Waals surface area contributed by atoms with Crippen LogP contribution in [0.1, 0.15) is 12.8 Å². The average molecular weight is 425 g/mol. The molecule has 3 atom stereocenters. The number of carboxylic acids is 2. The lowest BCUT2D eigenvalue weighted by Crippen LogP contribution is -2.56. The summed E-state index contributed by atoms with van der Waals surface area (Å²) < 4.78 is 0. The van der Waals surface area contributed by atoms with Gasteiger partial charge in [-0.2, -0.15) is 24.4 Å². The van der Waals surface area contributed by atoms with Gasteiger partial charge in [-0.3, -0.25) is 24.0 Å². The van der Waals surface area contributed by atoms with Crippen LogP contribution in [-0.2, 0) is 24.0 Å². The maximum atomic E-state index is 12.4. The van der Waals surface area contributed by atoms with Crippen LogP contribution in [-0.4, -0.2) is 82.3 Å². The second kappa shape index (κ2) is 13.2. The summed E-state index contributed by atoms with van der Waals surface area (Å²) in [7, 11) is 0. The summed E-state index contributed by atoms with van der Waals surface area (Å²) in [5, 5.41) is 24.1. The summed E-state index contributed by atoms with van der Waals surface area (Å²) in [6.45, 7) is -0.615. The Labute approximate surface area is 165 Å². The summed E-state index contributed by atoms with van der Waals surface area (Å²) in [6.07, 6.45) is 1.41. The second-order valence-corrected chi connectivity index (χ2v) is 6.75. The Bertz CT molecular complexity index is 562. The molecule has 0 radical (unpaired) electrons. The van der Waals surface area contributed by atoms with Gasteiger partial charge in [0.2, 0.25) is 17.7 Å². The number of amides is 3. The molecule has 0 rings (SSSR count). The van der Waals surface area contributed by atoms with E-state index >= 15 is 0 Å². The van der Waals surface area contributed by atoms with Crippen molar-refractivity contribution in [1.29, 1.82) is 0 Å². The van der Waals surface area contributed by atoms with Gasteiger partial charge in [-0.05, 0) is 18.4 Å². The van der Waals surface area contributed by atoms with Gasteiger partial charge in [0, 0.05) is 5.75 Å². The number of carboxylic acid groups (broad SMARTS) is 2. The number of rotatable bonds is 13. The SMILES string of the molecule is CSCCC(NC(=O)C(N)CC(=O)O)C(=O)NC(CS)C(=O)NCC(=O)O. The van der Waals surface area contributed by atoms with Crippen LogP contribution >= 0.6 is 24.4 Å². The summed E-state index contributed by atoms with van der Waals surface area (Å²) in [5.41, 5.74) is 5.48. The first kappa shape index (κ1) is 25.0. The number of carbonyl (C=O) groups excluding carboxylic acids is 3. The lowest BCUT2D eigenvalue weighted by atomic mass is 10.1. The molecule has 7 N–H and O–H groups in total. The minimum atomic E-state index is -1.33. The highest BCUT2D eigenvalue weighted by atomic mass is 32.2. The highest BCUT2D eigenvalue weighted by Gasteiger charge is 2.28. The van der Waals surface area contributed by atoms with Gasteiger partial charge in [0.25, 0.3) is 0 Å². The van der Waals surface area contributed by atoms with E-state index in [4.69, 9.17) is 15.9 Å². The largest absolute Gasteiger partial charge is 0.481 e. The number of hydrogen-bond acceptors (Lipinski definition) is 8. The molecule has 0 aromatic carbocycles. The van der Waals surface area contributed by atoms with Gasteiger partial charge < -0.3 is 31.9 Å². The molecule has 0 aromatic rings. The third kappa shape index (κ3) is 10.7. The Morgan fingerprint density at radius 2 is 1.59 bits per heavy atom. The maximum Gasteiger partial charge on any atom is 0.322 e. The number of nitrogens with two attached hydrogens (primary N) is 1. The van der Waals surface area contributed by atoms with E-state index in [0.717, 1.165) is 0 Å². The van der Waals surface area contributed by atoms with Crippen molar-refractivity contribution in [2.24, 2.45) is 5.73 Å². The summed E-state index contributed by atoms with van der Waals surface area (Å²) in [5.74, 6) is -4.33. The van der Waals surface area contributed by atoms with Crippen molar-refractivity contribution in [1.82, 2.24) is 16.0 Å². The standard InChI is InChI=1S/C14H24N4O7S2/c1-27-3-2-8(17-12(23)7(15)4-10(19)20)14(25)18-9(6-26)13(24)16-5-11(21)22/h7-9,26H,2-6,15H2,1H3,(H,16,24)(H,17,23)(H,18,25)(H,19,20)(H,21,22). The molecule has 154 valence electrons. The van der Waals surface area contributed by atoms with Crippen molar-refractivity contribution in [2.45, 2.75) is 31.0 Å². The lowest BCUT2D eigenvalue weighted by Gasteiger charge is -2.23. The molecule has 0 aromatic heterocycles. The van der Waals surface area contributed by atoms with Crippen LogP contribution in [0.5, 0.6) is 0 Å². The molecule has 0 aliphatic heterocycles. The molecule has 0 fully saturated rings. The van der Waals surface area contributed by atoms with E-state index in [9.17, 15) is 24.0 Å². The molecule has 13 heteroatoms. The molecular formula is C14H24N4O7S2. The predicted octanol–water partition coefficient (Wildman–Crippen LogP) is -2.36. The zero-order chi connectivity index (χ0) is 21.0. The molecular weight excluding hydrogens is 400 g/mol. The normalized spacial score (nSPS) is 13.7. The van der Waals surface area contributed by atoms with Crippen LogP contribution < -0.4 is 21.7 Å². The van der Waals surface area contributed by atoms with Crippen LogP contribution in [0.15, 0.2) is 0 Å². The Hall–Kier alpha value is -1.99. The Balaban J connectivity index is 4.96. The average Bonchev–Trinajstić information content (AvgIpc) is 2.59. The summed E-state index contributed by atoms with van der Waals surface area (Å²) in [4.78, 5) is 57.4. The summed E-state index contributed by atoms with van der Waals surface area (Å²) >= 11 is 5.37. The van der Waals surface area contributed by atoms with Crippen LogP contribution in [0.4, 0.5) is 0 Å². The first-order valence-corrected chi connectivity index (χ1v) is 9.82. The van der Waals surface area contributed by atoms with Gasteiger partial charge in [0.15, 0.2) is 0 Å². The zero-order valence-corrected chi connectivity index (χ0v) is 16.3. The van der Waals surface area contributed by atoms with Crippen molar-refractivity contribution in [3.63, 3.8) is 0 Å². The minimum Gasteiger partial charge on any atom is -0.481 e. The fourth-order valence-electron chi connectivity index (χ4n) is 1.82. The number of hydrogen-bond donors (Lipinski definition) is 7. The Morgan fingerprint density at radius 3 is 2.07 bits per heavy atom. The Morgan fingerprint density at radius 1 is 1.00 bits per heavy atom. The van der Waals surface area contributed by atoms with E-state index in [-0.39, 0.29) is 12.2 Å². The third-order valence-electron chi connectivity index (χ3n) is 3.20. The van der Waals surface area contributed by atoms with E-state index in [2.05, 4.69) is 28.6 Å². The number of thiol groups is 1. The molecule has 0 saturated carbocycles.